The van der Waals surface area contributed by atoms with E-state index in [4.69, 9.17) is 5.73 Å². The largest absolute Gasteiger partial charge is 0.327 e. The lowest BCUT2D eigenvalue weighted by molar-refractivity contribution is 0.305. The highest BCUT2D eigenvalue weighted by Gasteiger charge is 2.07. The zero-order chi connectivity index (χ0) is 11.4. The zero-order valence-electron chi connectivity index (χ0n) is 9.00. The molecule has 0 bridgehead atoms. The van der Waals surface area contributed by atoms with Crippen LogP contribution in [0, 0.1) is 11.6 Å². The molecule has 0 spiro atoms. The van der Waals surface area contributed by atoms with Crippen LogP contribution in [0.3, 0.4) is 0 Å². The second-order valence-electron chi connectivity index (χ2n) is 3.91. The van der Waals surface area contributed by atoms with E-state index in [0.717, 1.165) is 6.07 Å². The Labute approximate surface area is 88.7 Å². The van der Waals surface area contributed by atoms with Crippen molar-refractivity contribution in [3.8, 4) is 0 Å². The van der Waals surface area contributed by atoms with E-state index in [1.807, 2.05) is 18.9 Å². The Bertz CT molecular complexity index is 326. The number of likely N-dealkylation sites (N-methyl/N-ethyl adjacent to an activating group) is 1. The molecule has 1 aromatic rings. The van der Waals surface area contributed by atoms with Crippen molar-refractivity contribution in [2.45, 2.75) is 19.5 Å². The van der Waals surface area contributed by atoms with E-state index in [1.165, 1.54) is 12.1 Å². The summed E-state index contributed by atoms with van der Waals surface area (Å²) < 4.78 is 25.9. The van der Waals surface area contributed by atoms with Gasteiger partial charge in [-0.1, -0.05) is 6.07 Å². The van der Waals surface area contributed by atoms with E-state index in [1.54, 1.807) is 0 Å². The third-order valence-corrected chi connectivity index (χ3v) is 2.06. The first-order valence-electron chi connectivity index (χ1n) is 4.87. The van der Waals surface area contributed by atoms with Crippen molar-refractivity contribution < 1.29 is 8.78 Å². The highest BCUT2D eigenvalue weighted by molar-refractivity contribution is 5.18. The maximum Gasteiger partial charge on any atom is 0.130 e. The Morgan fingerprint density at radius 3 is 2.60 bits per heavy atom. The molecular formula is C11H16F2N2. The number of hydrogen-bond donors (Lipinski definition) is 1. The van der Waals surface area contributed by atoms with Gasteiger partial charge in [0.05, 0.1) is 0 Å². The third-order valence-electron chi connectivity index (χ3n) is 2.06. The lowest BCUT2D eigenvalue weighted by atomic mass is 10.2. The van der Waals surface area contributed by atoms with E-state index >= 15 is 0 Å². The van der Waals surface area contributed by atoms with Crippen LogP contribution in [0.1, 0.15) is 12.5 Å². The SMILES string of the molecule is CC(N)CN(C)Cc1ccc(F)cc1F. The molecule has 0 aliphatic heterocycles. The molecule has 4 heteroatoms. The van der Waals surface area contributed by atoms with Gasteiger partial charge in [-0.3, -0.25) is 0 Å². The molecule has 0 heterocycles. The average Bonchev–Trinajstić information content (AvgIpc) is 2.08. The number of nitrogens with zero attached hydrogens (tertiary/aromatic N) is 1. The fraction of sp³-hybridized carbons (Fsp3) is 0.455. The monoisotopic (exact) mass is 214 g/mol. The minimum atomic E-state index is -0.550. The van der Waals surface area contributed by atoms with E-state index in [-0.39, 0.29) is 6.04 Å². The summed E-state index contributed by atoms with van der Waals surface area (Å²) in [5.41, 5.74) is 6.10. The number of rotatable bonds is 4. The van der Waals surface area contributed by atoms with Gasteiger partial charge in [0, 0.05) is 30.8 Å². The van der Waals surface area contributed by atoms with Crippen molar-refractivity contribution in [2.75, 3.05) is 13.6 Å². The number of benzene rings is 1. The second kappa shape index (κ2) is 5.19. The highest BCUT2D eigenvalue weighted by Crippen LogP contribution is 2.11. The smallest absolute Gasteiger partial charge is 0.130 e. The minimum absolute atomic E-state index is 0.0403. The Kier molecular flexibility index (Phi) is 4.17. The van der Waals surface area contributed by atoms with Crippen LogP contribution in [0.4, 0.5) is 8.78 Å². The molecule has 2 nitrogen and oxygen atoms in total. The van der Waals surface area contributed by atoms with Gasteiger partial charge in [-0.05, 0) is 20.0 Å². The summed E-state index contributed by atoms with van der Waals surface area (Å²) in [5, 5.41) is 0. The van der Waals surface area contributed by atoms with E-state index < -0.39 is 11.6 Å². The fourth-order valence-corrected chi connectivity index (χ4v) is 1.50. The number of nitrogens with two attached hydrogens (primary N) is 1. The summed E-state index contributed by atoms with van der Waals surface area (Å²) in [6.45, 7) is 3.00. The summed E-state index contributed by atoms with van der Waals surface area (Å²) in [7, 11) is 1.85. The standard InChI is InChI=1S/C11H16F2N2/c1-8(14)6-15(2)7-9-3-4-10(12)5-11(9)13/h3-5,8H,6-7,14H2,1-2H3. The van der Waals surface area contributed by atoms with E-state index in [9.17, 15) is 8.78 Å². The second-order valence-corrected chi connectivity index (χ2v) is 3.91. The molecule has 0 saturated heterocycles. The Balaban J connectivity index is 2.64. The molecule has 84 valence electrons. The molecule has 0 fully saturated rings. The molecule has 0 aliphatic rings. The molecule has 0 amide bonds. The predicted octanol–water partition coefficient (Wildman–Crippen LogP) is 1.74. The van der Waals surface area contributed by atoms with Gasteiger partial charge in [0.1, 0.15) is 11.6 Å². The molecule has 0 saturated carbocycles. The van der Waals surface area contributed by atoms with Gasteiger partial charge in [0.2, 0.25) is 0 Å². The summed E-state index contributed by atoms with van der Waals surface area (Å²) in [6, 6.07) is 3.66. The molecule has 0 aliphatic carbocycles. The molecule has 1 unspecified atom stereocenters. The zero-order valence-corrected chi connectivity index (χ0v) is 9.00. The first kappa shape index (κ1) is 12.1. The summed E-state index contributed by atoms with van der Waals surface area (Å²) in [5.74, 6) is -1.06. The highest BCUT2D eigenvalue weighted by atomic mass is 19.1. The molecule has 1 atom stereocenters. The van der Waals surface area contributed by atoms with Crippen LogP contribution >= 0.6 is 0 Å². The molecule has 1 aromatic carbocycles. The van der Waals surface area contributed by atoms with Gasteiger partial charge in [-0.2, -0.15) is 0 Å². The maximum absolute atomic E-state index is 13.3. The van der Waals surface area contributed by atoms with Crippen LogP contribution in [0.25, 0.3) is 0 Å². The minimum Gasteiger partial charge on any atom is -0.327 e. The van der Waals surface area contributed by atoms with Gasteiger partial charge in [0.25, 0.3) is 0 Å². The normalized spacial score (nSPS) is 13.2. The molecule has 15 heavy (non-hydrogen) atoms. The van der Waals surface area contributed by atoms with Gasteiger partial charge in [-0.15, -0.1) is 0 Å². The maximum atomic E-state index is 13.3. The topological polar surface area (TPSA) is 29.3 Å². The Morgan fingerprint density at radius 1 is 1.40 bits per heavy atom. The fourth-order valence-electron chi connectivity index (χ4n) is 1.50. The summed E-state index contributed by atoms with van der Waals surface area (Å²) in [4.78, 5) is 1.90. The van der Waals surface area contributed by atoms with Crippen LogP contribution < -0.4 is 5.73 Å². The van der Waals surface area contributed by atoms with Crippen LogP contribution in [-0.4, -0.2) is 24.5 Å². The summed E-state index contributed by atoms with van der Waals surface area (Å²) in [6.07, 6.45) is 0. The quantitative estimate of drug-likeness (QED) is 0.827. The van der Waals surface area contributed by atoms with Crippen molar-refractivity contribution in [1.29, 1.82) is 0 Å². The van der Waals surface area contributed by atoms with Gasteiger partial charge in [-0.25, -0.2) is 8.78 Å². The van der Waals surface area contributed by atoms with Crippen molar-refractivity contribution in [2.24, 2.45) is 5.73 Å². The van der Waals surface area contributed by atoms with Crippen LogP contribution in [0.15, 0.2) is 18.2 Å². The lowest BCUT2D eigenvalue weighted by Crippen LogP contribution is -2.32. The number of halogens is 2. The van der Waals surface area contributed by atoms with Crippen molar-refractivity contribution in [3.05, 3.63) is 35.4 Å². The molecular weight excluding hydrogens is 198 g/mol. The molecule has 2 N–H and O–H groups in total. The predicted molar refractivity (Wildman–Crippen MR) is 56.3 cm³/mol. The Hall–Kier alpha value is -1.00. The van der Waals surface area contributed by atoms with Crippen LogP contribution in [0.5, 0.6) is 0 Å². The van der Waals surface area contributed by atoms with Gasteiger partial charge < -0.3 is 10.6 Å². The molecule has 0 radical (unpaired) electrons. The molecule has 1 rings (SSSR count). The Morgan fingerprint density at radius 2 is 2.07 bits per heavy atom. The van der Waals surface area contributed by atoms with Crippen molar-refractivity contribution in [1.82, 2.24) is 4.90 Å². The van der Waals surface area contributed by atoms with E-state index in [0.29, 0.717) is 18.7 Å². The van der Waals surface area contributed by atoms with Crippen LogP contribution in [-0.2, 0) is 6.54 Å². The van der Waals surface area contributed by atoms with Crippen molar-refractivity contribution >= 4 is 0 Å². The first-order chi connectivity index (χ1) is 6.99. The van der Waals surface area contributed by atoms with Crippen LogP contribution in [0.2, 0.25) is 0 Å². The van der Waals surface area contributed by atoms with E-state index in [2.05, 4.69) is 0 Å². The molecule has 0 aromatic heterocycles. The van der Waals surface area contributed by atoms with Crippen molar-refractivity contribution in [3.63, 3.8) is 0 Å². The number of hydrogen-bond acceptors (Lipinski definition) is 2. The third kappa shape index (κ3) is 3.93. The summed E-state index contributed by atoms with van der Waals surface area (Å²) >= 11 is 0. The average molecular weight is 214 g/mol. The van der Waals surface area contributed by atoms with Gasteiger partial charge in [0.15, 0.2) is 0 Å². The van der Waals surface area contributed by atoms with Gasteiger partial charge >= 0.3 is 0 Å². The first-order valence-corrected chi connectivity index (χ1v) is 4.87. The lowest BCUT2D eigenvalue weighted by Gasteiger charge is -2.19.